The Morgan fingerprint density at radius 1 is 1.13 bits per heavy atom. The first-order valence-electron chi connectivity index (χ1n) is 9.68. The van der Waals surface area contributed by atoms with Crippen molar-refractivity contribution in [2.24, 2.45) is 4.99 Å². The van der Waals surface area contributed by atoms with Gasteiger partial charge >= 0.3 is 0 Å². The van der Waals surface area contributed by atoms with Crippen LogP contribution in [-0.4, -0.2) is 35.2 Å². The Bertz CT molecular complexity index is 993. The van der Waals surface area contributed by atoms with E-state index in [4.69, 9.17) is 0 Å². The van der Waals surface area contributed by atoms with Gasteiger partial charge in [0.25, 0.3) is 0 Å². The zero-order chi connectivity index (χ0) is 21.2. The maximum absolute atomic E-state index is 13.7. The molecule has 0 spiro atoms. The number of halogens is 2. The molecule has 0 atom stereocenters. The van der Waals surface area contributed by atoms with E-state index in [2.05, 4.69) is 26.0 Å². The summed E-state index contributed by atoms with van der Waals surface area (Å²) >= 11 is 0. The minimum Gasteiger partial charge on any atom is -0.356 e. The van der Waals surface area contributed by atoms with Gasteiger partial charge in [0.05, 0.1) is 0 Å². The van der Waals surface area contributed by atoms with Gasteiger partial charge in [-0.05, 0) is 41.8 Å². The number of benzene rings is 2. The SMILES string of the molecule is CN=C(NCCc1ccccc1F)NCc1cccc(NC(=O)Cn2cccn2)c1.I. The molecule has 3 aromatic rings. The van der Waals surface area contributed by atoms with E-state index in [0.29, 0.717) is 36.7 Å². The lowest BCUT2D eigenvalue weighted by molar-refractivity contribution is -0.116. The van der Waals surface area contributed by atoms with Crippen molar-refractivity contribution in [2.45, 2.75) is 19.5 Å². The summed E-state index contributed by atoms with van der Waals surface area (Å²) in [6, 6.07) is 16.1. The van der Waals surface area contributed by atoms with E-state index in [1.807, 2.05) is 30.3 Å². The number of carbonyl (C=O) groups is 1. The molecule has 3 N–H and O–H groups in total. The van der Waals surface area contributed by atoms with Gasteiger partial charge in [-0.15, -0.1) is 24.0 Å². The number of nitrogens with zero attached hydrogens (tertiary/aromatic N) is 3. The zero-order valence-corrected chi connectivity index (χ0v) is 19.5. The summed E-state index contributed by atoms with van der Waals surface area (Å²) < 4.78 is 15.3. The summed E-state index contributed by atoms with van der Waals surface area (Å²) in [7, 11) is 1.68. The first kappa shape index (κ1) is 24.3. The van der Waals surface area contributed by atoms with Gasteiger partial charge in [0.2, 0.25) is 5.91 Å². The molecule has 3 rings (SSSR count). The van der Waals surface area contributed by atoms with Crippen LogP contribution in [0.3, 0.4) is 0 Å². The molecule has 0 saturated carbocycles. The standard InChI is InChI=1S/C22H25FN6O.HI/c1-24-22(25-12-10-18-7-2-3-9-20(18)23)26-15-17-6-4-8-19(14-17)28-21(30)16-29-13-5-11-27-29;/h2-9,11,13-14H,10,12,15-16H2,1H3,(H,28,30)(H2,24,25,26);1H. The first-order chi connectivity index (χ1) is 14.6. The Morgan fingerprint density at radius 3 is 2.71 bits per heavy atom. The summed E-state index contributed by atoms with van der Waals surface area (Å²) in [5.41, 5.74) is 2.37. The number of aromatic nitrogens is 2. The van der Waals surface area contributed by atoms with Crippen molar-refractivity contribution in [3.05, 3.63) is 83.9 Å². The van der Waals surface area contributed by atoms with Crippen LogP contribution in [0.5, 0.6) is 0 Å². The molecule has 1 amide bonds. The fourth-order valence-corrected chi connectivity index (χ4v) is 2.92. The van der Waals surface area contributed by atoms with E-state index in [9.17, 15) is 9.18 Å². The van der Waals surface area contributed by atoms with Gasteiger partial charge in [0, 0.05) is 38.2 Å². The normalized spacial score (nSPS) is 10.8. The van der Waals surface area contributed by atoms with Crippen LogP contribution >= 0.6 is 24.0 Å². The smallest absolute Gasteiger partial charge is 0.246 e. The Balaban J connectivity index is 0.00000341. The lowest BCUT2D eigenvalue weighted by Gasteiger charge is -2.13. The monoisotopic (exact) mass is 536 g/mol. The number of aliphatic imine (C=N–C) groups is 1. The fourth-order valence-electron chi connectivity index (χ4n) is 2.92. The minimum absolute atomic E-state index is 0. The van der Waals surface area contributed by atoms with E-state index in [1.54, 1.807) is 42.3 Å². The van der Waals surface area contributed by atoms with Crippen molar-refractivity contribution < 1.29 is 9.18 Å². The lowest BCUT2D eigenvalue weighted by Crippen LogP contribution is -2.37. The van der Waals surface area contributed by atoms with E-state index < -0.39 is 0 Å². The highest BCUT2D eigenvalue weighted by atomic mass is 127. The maximum Gasteiger partial charge on any atom is 0.246 e. The number of hydrogen-bond donors (Lipinski definition) is 3. The summed E-state index contributed by atoms with van der Waals surface area (Å²) in [5.74, 6) is 0.280. The number of anilines is 1. The molecule has 0 unspecified atom stereocenters. The van der Waals surface area contributed by atoms with Gasteiger partial charge in [-0.3, -0.25) is 14.5 Å². The third-order valence-corrected chi connectivity index (χ3v) is 4.40. The maximum atomic E-state index is 13.7. The molecule has 1 heterocycles. The van der Waals surface area contributed by atoms with Crippen LogP contribution in [0, 0.1) is 5.82 Å². The van der Waals surface area contributed by atoms with Crippen molar-refractivity contribution in [1.82, 2.24) is 20.4 Å². The molecule has 0 fully saturated rings. The molecule has 2 aromatic carbocycles. The lowest BCUT2D eigenvalue weighted by atomic mass is 10.1. The molecule has 0 bridgehead atoms. The topological polar surface area (TPSA) is 83.3 Å². The highest BCUT2D eigenvalue weighted by Crippen LogP contribution is 2.11. The number of nitrogens with one attached hydrogen (secondary N) is 3. The van der Waals surface area contributed by atoms with E-state index in [-0.39, 0.29) is 42.2 Å². The fraction of sp³-hybridized carbons (Fsp3) is 0.227. The highest BCUT2D eigenvalue weighted by Gasteiger charge is 2.05. The third kappa shape index (κ3) is 8.00. The van der Waals surface area contributed by atoms with Crippen LogP contribution in [0.15, 0.2) is 72.0 Å². The van der Waals surface area contributed by atoms with Crippen molar-refractivity contribution in [3.8, 4) is 0 Å². The molecule has 9 heteroatoms. The van der Waals surface area contributed by atoms with Gasteiger partial charge < -0.3 is 16.0 Å². The molecule has 0 radical (unpaired) electrons. The van der Waals surface area contributed by atoms with Crippen LogP contribution in [0.2, 0.25) is 0 Å². The molecule has 0 aliphatic heterocycles. The summed E-state index contributed by atoms with van der Waals surface area (Å²) in [6.45, 7) is 1.25. The van der Waals surface area contributed by atoms with Gasteiger partial charge in [0.15, 0.2) is 5.96 Å². The van der Waals surface area contributed by atoms with E-state index in [1.165, 1.54) is 6.07 Å². The summed E-state index contributed by atoms with van der Waals surface area (Å²) in [5, 5.41) is 13.3. The van der Waals surface area contributed by atoms with Crippen molar-refractivity contribution >= 4 is 41.5 Å². The molecule has 0 aliphatic rings. The molecule has 0 aliphatic carbocycles. The number of rotatable bonds is 8. The summed E-state index contributed by atoms with van der Waals surface area (Å²) in [4.78, 5) is 16.3. The quantitative estimate of drug-likeness (QED) is 0.235. The second kappa shape index (κ2) is 12.7. The van der Waals surface area contributed by atoms with Crippen LogP contribution in [0.1, 0.15) is 11.1 Å². The number of hydrogen-bond acceptors (Lipinski definition) is 3. The Morgan fingerprint density at radius 2 is 1.97 bits per heavy atom. The van der Waals surface area contributed by atoms with Gasteiger partial charge in [-0.25, -0.2) is 4.39 Å². The predicted octanol–water partition coefficient (Wildman–Crippen LogP) is 3.19. The Labute approximate surface area is 198 Å². The average molecular weight is 536 g/mol. The molecule has 164 valence electrons. The number of guanidine groups is 1. The molecular weight excluding hydrogens is 510 g/mol. The van der Waals surface area contributed by atoms with E-state index >= 15 is 0 Å². The van der Waals surface area contributed by atoms with Gasteiger partial charge in [0.1, 0.15) is 12.4 Å². The number of carbonyl (C=O) groups excluding carboxylic acids is 1. The van der Waals surface area contributed by atoms with E-state index in [0.717, 1.165) is 5.56 Å². The molecule has 0 saturated heterocycles. The van der Waals surface area contributed by atoms with Crippen molar-refractivity contribution in [2.75, 3.05) is 18.9 Å². The van der Waals surface area contributed by atoms with Crippen LogP contribution < -0.4 is 16.0 Å². The average Bonchev–Trinajstić information content (AvgIpc) is 3.25. The molecule has 7 nitrogen and oxygen atoms in total. The van der Waals surface area contributed by atoms with Crippen LogP contribution in [0.4, 0.5) is 10.1 Å². The minimum atomic E-state index is -0.200. The first-order valence-corrected chi connectivity index (χ1v) is 9.68. The third-order valence-electron chi connectivity index (χ3n) is 4.40. The molecule has 1 aromatic heterocycles. The molecule has 31 heavy (non-hydrogen) atoms. The van der Waals surface area contributed by atoms with Gasteiger partial charge in [-0.2, -0.15) is 5.10 Å². The second-order valence-corrected chi connectivity index (χ2v) is 6.65. The highest BCUT2D eigenvalue weighted by molar-refractivity contribution is 14.0. The largest absolute Gasteiger partial charge is 0.356 e. The second-order valence-electron chi connectivity index (χ2n) is 6.65. The molecular formula is C22H26FIN6O. The van der Waals surface area contributed by atoms with Gasteiger partial charge in [-0.1, -0.05) is 30.3 Å². The number of amides is 1. The van der Waals surface area contributed by atoms with Crippen molar-refractivity contribution in [3.63, 3.8) is 0 Å². The Hall–Kier alpha value is -2.95. The Kier molecular flexibility index (Phi) is 9.95. The predicted molar refractivity (Wildman–Crippen MR) is 131 cm³/mol. The zero-order valence-electron chi connectivity index (χ0n) is 17.2. The van der Waals surface area contributed by atoms with Crippen LogP contribution in [0.25, 0.3) is 0 Å². The van der Waals surface area contributed by atoms with Crippen molar-refractivity contribution in [1.29, 1.82) is 0 Å². The summed E-state index contributed by atoms with van der Waals surface area (Å²) in [6.07, 6.45) is 3.94. The van der Waals surface area contributed by atoms with Crippen LogP contribution in [-0.2, 0) is 24.3 Å².